The Morgan fingerprint density at radius 2 is 2.06 bits per heavy atom. The first-order valence-corrected chi connectivity index (χ1v) is 5.97. The van der Waals surface area contributed by atoms with Crippen molar-refractivity contribution in [2.24, 2.45) is 0 Å². The van der Waals surface area contributed by atoms with Gasteiger partial charge in [0, 0.05) is 12.1 Å². The molecule has 4 nitrogen and oxygen atoms in total. The van der Waals surface area contributed by atoms with Crippen molar-refractivity contribution in [1.29, 1.82) is 5.26 Å². The van der Waals surface area contributed by atoms with Gasteiger partial charge >= 0.3 is 0 Å². The number of nitriles is 1. The van der Waals surface area contributed by atoms with E-state index in [1.54, 1.807) is 24.3 Å². The van der Waals surface area contributed by atoms with Gasteiger partial charge in [0.1, 0.15) is 24.5 Å². The molecule has 0 saturated heterocycles. The molecule has 1 aromatic rings. The second-order valence-electron chi connectivity index (χ2n) is 5.20. The Bertz CT molecular complexity index is 419. The number of nitrogens with zero attached hydrogens (tertiary/aromatic N) is 1. The maximum atomic E-state index is 9.77. The average molecular weight is 248 g/mol. The average Bonchev–Trinajstić information content (AvgIpc) is 2.33. The van der Waals surface area contributed by atoms with Crippen LogP contribution in [0.2, 0.25) is 0 Å². The molecule has 0 spiro atoms. The highest BCUT2D eigenvalue weighted by atomic mass is 16.5. The summed E-state index contributed by atoms with van der Waals surface area (Å²) in [5, 5.41) is 21.8. The van der Waals surface area contributed by atoms with Crippen molar-refractivity contribution in [2.75, 3.05) is 13.2 Å². The molecule has 0 aliphatic carbocycles. The molecule has 0 heterocycles. The predicted octanol–water partition coefficient (Wildman–Crippen LogP) is 1.69. The van der Waals surface area contributed by atoms with Gasteiger partial charge in [-0.2, -0.15) is 5.26 Å². The Morgan fingerprint density at radius 3 is 2.67 bits per heavy atom. The largest absolute Gasteiger partial charge is 0.489 e. The summed E-state index contributed by atoms with van der Waals surface area (Å²) in [6.07, 6.45) is -0.601. The van der Waals surface area contributed by atoms with Gasteiger partial charge in [0.15, 0.2) is 0 Å². The number of hydrogen-bond acceptors (Lipinski definition) is 4. The van der Waals surface area contributed by atoms with E-state index in [4.69, 9.17) is 10.00 Å². The van der Waals surface area contributed by atoms with Crippen molar-refractivity contribution in [3.05, 3.63) is 29.8 Å². The van der Waals surface area contributed by atoms with Crippen molar-refractivity contribution in [3.63, 3.8) is 0 Å². The second kappa shape index (κ2) is 6.39. The van der Waals surface area contributed by atoms with Crippen LogP contribution in [-0.2, 0) is 0 Å². The molecule has 0 fully saturated rings. The van der Waals surface area contributed by atoms with Crippen LogP contribution in [-0.4, -0.2) is 29.9 Å². The Hall–Kier alpha value is -1.57. The maximum Gasteiger partial charge on any atom is 0.137 e. The van der Waals surface area contributed by atoms with E-state index in [1.807, 2.05) is 20.8 Å². The first-order valence-electron chi connectivity index (χ1n) is 5.97. The summed E-state index contributed by atoms with van der Waals surface area (Å²) in [6, 6.07) is 9.05. The van der Waals surface area contributed by atoms with Crippen LogP contribution in [0.4, 0.5) is 0 Å². The van der Waals surface area contributed by atoms with E-state index < -0.39 is 6.10 Å². The van der Waals surface area contributed by atoms with E-state index in [2.05, 4.69) is 11.4 Å². The Kier molecular flexibility index (Phi) is 5.14. The van der Waals surface area contributed by atoms with Gasteiger partial charge in [-0.15, -0.1) is 0 Å². The number of aliphatic hydroxyl groups is 1. The van der Waals surface area contributed by atoms with Crippen LogP contribution in [0.25, 0.3) is 0 Å². The quantitative estimate of drug-likeness (QED) is 0.832. The number of benzene rings is 1. The highest BCUT2D eigenvalue weighted by molar-refractivity contribution is 5.42. The molecule has 1 rings (SSSR count). The van der Waals surface area contributed by atoms with Crippen LogP contribution < -0.4 is 10.1 Å². The molecule has 4 heteroatoms. The third kappa shape index (κ3) is 5.17. The van der Waals surface area contributed by atoms with Crippen molar-refractivity contribution >= 4 is 0 Å². The Labute approximate surface area is 108 Å². The lowest BCUT2D eigenvalue weighted by Gasteiger charge is -2.23. The zero-order valence-corrected chi connectivity index (χ0v) is 11.1. The fraction of sp³-hybridized carbons (Fsp3) is 0.500. The molecule has 0 saturated carbocycles. The summed E-state index contributed by atoms with van der Waals surface area (Å²) < 4.78 is 5.44. The van der Waals surface area contributed by atoms with Crippen molar-refractivity contribution in [2.45, 2.75) is 32.4 Å². The fourth-order valence-corrected chi connectivity index (χ4v) is 1.35. The molecule has 98 valence electrons. The highest BCUT2D eigenvalue weighted by Crippen LogP contribution is 2.16. The zero-order valence-electron chi connectivity index (χ0n) is 11.1. The molecule has 0 amide bonds. The van der Waals surface area contributed by atoms with Gasteiger partial charge in [-0.25, -0.2) is 0 Å². The summed E-state index contributed by atoms with van der Waals surface area (Å²) in [6.45, 7) is 6.72. The van der Waals surface area contributed by atoms with Crippen molar-refractivity contribution < 1.29 is 9.84 Å². The molecule has 1 aromatic carbocycles. The van der Waals surface area contributed by atoms with Crippen LogP contribution in [0, 0.1) is 11.3 Å². The normalized spacial score (nSPS) is 12.8. The molecule has 0 aromatic heterocycles. The number of hydrogen-bond donors (Lipinski definition) is 2. The lowest BCUT2D eigenvalue weighted by molar-refractivity contribution is 0.0999. The van der Waals surface area contributed by atoms with Gasteiger partial charge in [-0.3, -0.25) is 0 Å². The fourth-order valence-electron chi connectivity index (χ4n) is 1.35. The molecule has 0 unspecified atom stereocenters. The van der Waals surface area contributed by atoms with E-state index in [0.29, 0.717) is 17.9 Å². The highest BCUT2D eigenvalue weighted by Gasteiger charge is 2.13. The summed E-state index contributed by atoms with van der Waals surface area (Å²) in [5.74, 6) is 0.509. The third-order valence-corrected chi connectivity index (χ3v) is 2.31. The number of aliphatic hydroxyl groups excluding tert-OH is 1. The van der Waals surface area contributed by atoms with E-state index in [1.165, 1.54) is 0 Å². The molecule has 1 atom stereocenters. The summed E-state index contributed by atoms with van der Waals surface area (Å²) in [4.78, 5) is 0. The van der Waals surface area contributed by atoms with E-state index in [-0.39, 0.29) is 12.1 Å². The van der Waals surface area contributed by atoms with Gasteiger partial charge in [-0.05, 0) is 32.9 Å². The predicted molar refractivity (Wildman–Crippen MR) is 70.4 cm³/mol. The topological polar surface area (TPSA) is 65.3 Å². The minimum atomic E-state index is -0.601. The Morgan fingerprint density at radius 1 is 1.39 bits per heavy atom. The van der Waals surface area contributed by atoms with Gasteiger partial charge in [0.2, 0.25) is 0 Å². The monoisotopic (exact) mass is 248 g/mol. The number of nitrogens with one attached hydrogen (secondary N) is 1. The molecule has 18 heavy (non-hydrogen) atoms. The van der Waals surface area contributed by atoms with Crippen molar-refractivity contribution in [3.8, 4) is 11.8 Å². The van der Waals surface area contributed by atoms with Gasteiger partial charge in [-0.1, -0.05) is 12.1 Å². The van der Waals surface area contributed by atoms with Gasteiger partial charge in [0.25, 0.3) is 0 Å². The molecule has 2 N–H and O–H groups in total. The molecular weight excluding hydrogens is 228 g/mol. The molecule has 0 bridgehead atoms. The Balaban J connectivity index is 2.43. The van der Waals surface area contributed by atoms with Gasteiger partial charge < -0.3 is 15.2 Å². The molecule has 0 aliphatic rings. The smallest absolute Gasteiger partial charge is 0.137 e. The minimum Gasteiger partial charge on any atom is -0.489 e. The first-order chi connectivity index (χ1) is 8.42. The summed E-state index contributed by atoms with van der Waals surface area (Å²) in [5.41, 5.74) is 0.444. The van der Waals surface area contributed by atoms with Crippen molar-refractivity contribution in [1.82, 2.24) is 5.32 Å². The van der Waals surface area contributed by atoms with Crippen LogP contribution in [0.1, 0.15) is 26.3 Å². The van der Waals surface area contributed by atoms with Gasteiger partial charge in [0.05, 0.1) is 5.56 Å². The SMILES string of the molecule is CC(C)(C)NC[C@H](O)COc1ccccc1C#N. The first kappa shape index (κ1) is 14.5. The van der Waals surface area contributed by atoms with Crippen LogP contribution >= 0.6 is 0 Å². The standard InChI is InChI=1S/C14H20N2O2/c1-14(2,3)16-9-12(17)10-18-13-7-5-4-6-11(13)8-15/h4-7,12,16-17H,9-10H2,1-3H3/t12-/m0/s1. The number of ether oxygens (including phenoxy) is 1. The second-order valence-corrected chi connectivity index (χ2v) is 5.20. The summed E-state index contributed by atoms with van der Waals surface area (Å²) >= 11 is 0. The molecule has 0 aliphatic heterocycles. The van der Waals surface area contributed by atoms with Crippen LogP contribution in [0.15, 0.2) is 24.3 Å². The lowest BCUT2D eigenvalue weighted by Crippen LogP contribution is -2.42. The third-order valence-electron chi connectivity index (χ3n) is 2.31. The number of β-amino-alcohol motifs (C(OH)–C–C–N with tert-alkyl or cyclic N) is 1. The number of rotatable bonds is 5. The molecular formula is C14H20N2O2. The summed E-state index contributed by atoms with van der Waals surface area (Å²) in [7, 11) is 0. The molecule has 0 radical (unpaired) electrons. The minimum absolute atomic E-state index is 0.0362. The van der Waals surface area contributed by atoms with E-state index >= 15 is 0 Å². The van der Waals surface area contributed by atoms with E-state index in [9.17, 15) is 5.11 Å². The zero-order chi connectivity index (χ0) is 13.6. The van der Waals surface area contributed by atoms with Crippen LogP contribution in [0.5, 0.6) is 5.75 Å². The number of para-hydroxylation sites is 1. The lowest BCUT2D eigenvalue weighted by atomic mass is 10.1. The van der Waals surface area contributed by atoms with Crippen LogP contribution in [0.3, 0.4) is 0 Å². The maximum absolute atomic E-state index is 9.77. The van der Waals surface area contributed by atoms with E-state index in [0.717, 1.165) is 0 Å².